The molecular weight excluding hydrogens is 535 g/mol. The summed E-state index contributed by atoms with van der Waals surface area (Å²) < 4.78 is 41.5. The Morgan fingerprint density at radius 1 is 1.07 bits per heavy atom. The predicted octanol–water partition coefficient (Wildman–Crippen LogP) is 6.64. The molecule has 0 radical (unpaired) electrons. The smallest absolute Gasteiger partial charge is 0.391 e. The lowest BCUT2D eigenvalue weighted by atomic mass is 9.63. The molecule has 2 aliphatic heterocycles. The third-order valence-corrected chi connectivity index (χ3v) is 11.1. The quantitative estimate of drug-likeness (QED) is 0.400. The fourth-order valence-corrected chi connectivity index (χ4v) is 8.55. The third-order valence-electron chi connectivity index (χ3n) is 9.90. The number of hydrogen-bond acceptors (Lipinski definition) is 7. The SMILES string of the molecule is Cc1cc(SC2CC3(CCN(C(C)C)CC3)C2)ccc1Nc1ncc(C(F)(F)F)c(N2CCC3(CC3)C(O)C2)n1. The number of nitrogens with one attached hydrogen (secondary N) is 1. The van der Waals surface area contributed by atoms with Crippen molar-refractivity contribution in [3.63, 3.8) is 0 Å². The van der Waals surface area contributed by atoms with E-state index in [1.165, 1.54) is 43.7 Å². The number of benzene rings is 1. The van der Waals surface area contributed by atoms with Crippen molar-refractivity contribution >= 4 is 29.2 Å². The van der Waals surface area contributed by atoms with Gasteiger partial charge in [-0.1, -0.05) is 0 Å². The van der Waals surface area contributed by atoms with Gasteiger partial charge < -0.3 is 20.2 Å². The zero-order valence-electron chi connectivity index (χ0n) is 23.6. The van der Waals surface area contributed by atoms with Gasteiger partial charge in [0.15, 0.2) is 0 Å². The normalized spacial score (nSPS) is 24.5. The van der Waals surface area contributed by atoms with E-state index in [-0.39, 0.29) is 23.7 Å². The number of likely N-dealkylation sites (tertiary alicyclic amines) is 1. The minimum absolute atomic E-state index is 0.106. The minimum atomic E-state index is -4.58. The van der Waals surface area contributed by atoms with Crippen molar-refractivity contribution in [1.29, 1.82) is 0 Å². The maximum atomic E-state index is 13.8. The summed E-state index contributed by atoms with van der Waals surface area (Å²) >= 11 is 1.94. The molecule has 2 aliphatic carbocycles. The van der Waals surface area contributed by atoms with E-state index in [0.29, 0.717) is 29.7 Å². The molecule has 4 aliphatic rings. The van der Waals surface area contributed by atoms with Gasteiger partial charge in [-0.25, -0.2) is 4.98 Å². The monoisotopic (exact) mass is 575 g/mol. The van der Waals surface area contributed by atoms with E-state index in [9.17, 15) is 18.3 Å². The molecular formula is C30H40F3N5OS. The van der Waals surface area contributed by atoms with Crippen LogP contribution in [0.3, 0.4) is 0 Å². The largest absolute Gasteiger partial charge is 0.421 e. The molecule has 6 nitrogen and oxygen atoms in total. The Balaban J connectivity index is 1.11. The second-order valence-corrected chi connectivity index (χ2v) is 14.3. The molecule has 3 heterocycles. The zero-order chi connectivity index (χ0) is 28.3. The topological polar surface area (TPSA) is 64.5 Å². The van der Waals surface area contributed by atoms with Crippen molar-refractivity contribution in [1.82, 2.24) is 14.9 Å². The van der Waals surface area contributed by atoms with Gasteiger partial charge in [-0.3, -0.25) is 0 Å². The van der Waals surface area contributed by atoms with Crippen LogP contribution >= 0.6 is 11.8 Å². The van der Waals surface area contributed by atoms with E-state index in [2.05, 4.69) is 46.2 Å². The predicted molar refractivity (Wildman–Crippen MR) is 153 cm³/mol. The van der Waals surface area contributed by atoms with Crippen molar-refractivity contribution in [2.24, 2.45) is 10.8 Å². The van der Waals surface area contributed by atoms with Gasteiger partial charge in [0.2, 0.25) is 5.95 Å². The molecule has 0 bridgehead atoms. The summed E-state index contributed by atoms with van der Waals surface area (Å²) in [6.07, 6.45) is 3.35. The van der Waals surface area contributed by atoms with Gasteiger partial charge in [0.05, 0.1) is 6.10 Å². The van der Waals surface area contributed by atoms with Crippen molar-refractivity contribution < 1.29 is 18.3 Å². The molecule has 4 fully saturated rings. The number of aliphatic hydroxyl groups is 1. The highest BCUT2D eigenvalue weighted by Crippen LogP contribution is 2.55. The highest BCUT2D eigenvalue weighted by atomic mass is 32.2. The van der Waals surface area contributed by atoms with Gasteiger partial charge in [0.25, 0.3) is 0 Å². The zero-order valence-corrected chi connectivity index (χ0v) is 24.4. The number of rotatable bonds is 6. The summed E-state index contributed by atoms with van der Waals surface area (Å²) in [6.45, 7) is 9.58. The van der Waals surface area contributed by atoms with E-state index in [1.807, 2.05) is 24.8 Å². The Labute approximate surface area is 239 Å². The van der Waals surface area contributed by atoms with Gasteiger partial charge in [0.1, 0.15) is 11.4 Å². The first kappa shape index (κ1) is 28.1. The summed E-state index contributed by atoms with van der Waals surface area (Å²) in [7, 11) is 0. The molecule has 0 amide bonds. The number of halogens is 3. The standard InChI is InChI=1S/C30H40F3N5OS/c1-19(2)37-11-8-28(9-12-37)15-22(16-28)40-21-4-5-24(20(3)14-21)35-27-34-17-23(30(31,32)33)26(36-27)38-13-10-29(6-7-29)25(39)18-38/h4-5,14,17,19,22,25,39H,6-13,15-16,18H2,1-3H3,(H,34,35,36). The van der Waals surface area contributed by atoms with Crippen LogP contribution in [0.25, 0.3) is 0 Å². The number of piperidine rings is 2. The Hall–Kier alpha value is -2.04. The molecule has 10 heteroatoms. The van der Waals surface area contributed by atoms with Gasteiger partial charge in [-0.15, -0.1) is 11.8 Å². The fraction of sp³-hybridized carbons (Fsp3) is 0.667. The van der Waals surface area contributed by atoms with Crippen LogP contribution in [0.5, 0.6) is 0 Å². The van der Waals surface area contributed by atoms with Crippen LogP contribution in [0.2, 0.25) is 0 Å². The van der Waals surface area contributed by atoms with Gasteiger partial charge in [-0.2, -0.15) is 18.2 Å². The Bertz CT molecular complexity index is 1230. The van der Waals surface area contributed by atoms with E-state index in [0.717, 1.165) is 30.3 Å². The van der Waals surface area contributed by atoms with Crippen LogP contribution in [-0.2, 0) is 6.18 Å². The number of aryl methyl sites for hydroxylation is 1. The van der Waals surface area contributed by atoms with Crippen molar-refractivity contribution in [3.05, 3.63) is 35.5 Å². The highest BCUT2D eigenvalue weighted by Gasteiger charge is 2.52. The maximum absolute atomic E-state index is 13.8. The number of hydrogen-bond donors (Lipinski definition) is 2. The van der Waals surface area contributed by atoms with Crippen LogP contribution in [-0.4, -0.2) is 63.5 Å². The van der Waals surface area contributed by atoms with Crippen LogP contribution in [0, 0.1) is 17.8 Å². The second-order valence-electron chi connectivity index (χ2n) is 12.9. The summed E-state index contributed by atoms with van der Waals surface area (Å²) in [5.41, 5.74) is 1.33. The Morgan fingerprint density at radius 3 is 2.40 bits per heavy atom. The first-order valence-corrected chi connectivity index (χ1v) is 15.5. The van der Waals surface area contributed by atoms with Crippen molar-refractivity contribution in [3.8, 4) is 0 Å². The summed E-state index contributed by atoms with van der Waals surface area (Å²) in [4.78, 5) is 13.7. The van der Waals surface area contributed by atoms with Gasteiger partial charge in [-0.05, 0) is 113 Å². The molecule has 2 spiro atoms. The molecule has 218 valence electrons. The number of anilines is 3. The lowest BCUT2D eigenvalue weighted by molar-refractivity contribution is -0.137. The molecule has 2 N–H and O–H groups in total. The summed E-state index contributed by atoms with van der Waals surface area (Å²) in [5, 5.41) is 14.4. The minimum Gasteiger partial charge on any atom is -0.391 e. The number of thioether (sulfide) groups is 1. The lowest BCUT2D eigenvalue weighted by Gasteiger charge is -2.52. The Morgan fingerprint density at radius 2 is 1.80 bits per heavy atom. The molecule has 2 saturated carbocycles. The van der Waals surface area contributed by atoms with E-state index >= 15 is 0 Å². The molecule has 1 aromatic carbocycles. The second kappa shape index (κ2) is 10.3. The highest BCUT2D eigenvalue weighted by molar-refractivity contribution is 8.00. The lowest BCUT2D eigenvalue weighted by Crippen LogP contribution is -2.49. The summed E-state index contributed by atoms with van der Waals surface area (Å²) in [6, 6.07) is 6.81. The molecule has 1 aromatic heterocycles. The van der Waals surface area contributed by atoms with Gasteiger partial charge >= 0.3 is 6.18 Å². The van der Waals surface area contributed by atoms with Crippen molar-refractivity contribution in [2.75, 3.05) is 36.4 Å². The van der Waals surface area contributed by atoms with Crippen LogP contribution in [0.1, 0.15) is 69.9 Å². The molecule has 1 atom stereocenters. The van der Waals surface area contributed by atoms with Crippen LogP contribution in [0.15, 0.2) is 29.3 Å². The van der Waals surface area contributed by atoms with Crippen LogP contribution < -0.4 is 10.2 Å². The number of aromatic nitrogens is 2. The number of aliphatic hydroxyl groups excluding tert-OH is 1. The fourth-order valence-electron chi connectivity index (χ4n) is 6.90. The van der Waals surface area contributed by atoms with Crippen LogP contribution in [0.4, 0.5) is 30.6 Å². The van der Waals surface area contributed by atoms with E-state index in [1.54, 1.807) is 4.90 Å². The first-order valence-electron chi connectivity index (χ1n) is 14.6. The summed E-state index contributed by atoms with van der Waals surface area (Å²) in [5.74, 6) is -0.0381. The molecule has 40 heavy (non-hydrogen) atoms. The molecule has 2 saturated heterocycles. The average molecular weight is 576 g/mol. The Kier molecular flexibility index (Phi) is 7.27. The van der Waals surface area contributed by atoms with E-state index < -0.39 is 17.8 Å². The average Bonchev–Trinajstić information content (AvgIpc) is 3.67. The number of alkyl halides is 3. The van der Waals surface area contributed by atoms with Gasteiger partial charge in [0, 0.05) is 41.2 Å². The van der Waals surface area contributed by atoms with Crippen molar-refractivity contribution in [2.45, 2.75) is 94.2 Å². The number of β-amino-alcohol motifs (C(OH)–C–C–N with tert-alkyl or cyclic N) is 1. The number of nitrogens with zero attached hydrogens (tertiary/aromatic N) is 4. The third kappa shape index (κ3) is 5.55. The first-order chi connectivity index (χ1) is 19.0. The molecule has 1 unspecified atom stereocenters. The van der Waals surface area contributed by atoms with E-state index in [4.69, 9.17) is 0 Å². The maximum Gasteiger partial charge on any atom is 0.421 e. The molecule has 2 aromatic rings. The molecule has 6 rings (SSSR count).